The maximum absolute atomic E-state index is 13.7. The van der Waals surface area contributed by atoms with E-state index >= 15 is 0 Å². The summed E-state index contributed by atoms with van der Waals surface area (Å²) in [6.07, 6.45) is 0.573. The first-order valence-electron chi connectivity index (χ1n) is 11.1. The third-order valence-electron chi connectivity index (χ3n) is 5.88. The Morgan fingerprint density at radius 2 is 1.77 bits per heavy atom. The number of hydrogen-bond acceptors (Lipinski definition) is 7. The van der Waals surface area contributed by atoms with Crippen LogP contribution >= 0.6 is 0 Å². The largest absolute Gasteiger partial charge is 0.457 e. The predicted octanol–water partition coefficient (Wildman–Crippen LogP) is 2.34. The maximum Gasteiger partial charge on any atom is 0.335 e. The third kappa shape index (κ3) is 4.04. The van der Waals surface area contributed by atoms with Gasteiger partial charge in [-0.3, -0.25) is 13.9 Å². The molecule has 1 aliphatic heterocycles. The maximum atomic E-state index is 13.7. The Labute approximate surface area is 200 Å². The number of likely N-dealkylation sites (tertiary alicyclic amines) is 1. The molecular weight excluding hydrogens is 446 g/mol. The van der Waals surface area contributed by atoms with Crippen molar-refractivity contribution in [1.82, 2.24) is 24.0 Å². The number of para-hydroxylation sites is 1. The number of carbonyl (C=O) groups excluding carboxylic acids is 1. The van der Waals surface area contributed by atoms with Crippen LogP contribution in [-0.2, 0) is 4.79 Å². The molecule has 1 saturated heterocycles. The van der Waals surface area contributed by atoms with Crippen LogP contribution in [0, 0.1) is 11.8 Å². The minimum Gasteiger partial charge on any atom is -0.457 e. The van der Waals surface area contributed by atoms with Crippen molar-refractivity contribution in [3.05, 3.63) is 65.1 Å². The smallest absolute Gasteiger partial charge is 0.335 e. The second kappa shape index (κ2) is 8.87. The Bertz CT molecular complexity index is 1530. The highest BCUT2D eigenvalue weighted by atomic mass is 16.5. The number of imidazole rings is 1. The van der Waals surface area contributed by atoms with Crippen LogP contribution < -0.4 is 21.9 Å². The molecule has 4 N–H and O–H groups in total. The van der Waals surface area contributed by atoms with Crippen molar-refractivity contribution >= 4 is 28.8 Å². The molecule has 2 aromatic carbocycles. The molecule has 0 radical (unpaired) electrons. The molecule has 0 aliphatic carbocycles. The van der Waals surface area contributed by atoms with Gasteiger partial charge >= 0.3 is 5.69 Å². The number of amides is 1. The number of carbonyl (C=O) groups is 1. The number of rotatable bonds is 4. The van der Waals surface area contributed by atoms with Crippen LogP contribution in [0.25, 0.3) is 16.9 Å². The van der Waals surface area contributed by atoms with E-state index in [1.807, 2.05) is 30.3 Å². The van der Waals surface area contributed by atoms with E-state index in [0.29, 0.717) is 47.9 Å². The molecule has 10 heteroatoms. The van der Waals surface area contributed by atoms with Gasteiger partial charge in [-0.05, 0) is 55.7 Å². The fourth-order valence-electron chi connectivity index (χ4n) is 4.33. The lowest BCUT2D eigenvalue weighted by molar-refractivity contribution is -0.124. The number of ether oxygens (including phenoxy) is 1. The third-order valence-corrected chi connectivity index (χ3v) is 5.88. The fraction of sp³-hybridized carbons (Fsp3) is 0.200. The molecule has 5 rings (SSSR count). The van der Waals surface area contributed by atoms with Gasteiger partial charge in [-0.1, -0.05) is 24.1 Å². The molecular formula is C25H23N7O3. The minimum absolute atomic E-state index is 0.0321. The van der Waals surface area contributed by atoms with Crippen LogP contribution in [0.2, 0.25) is 0 Å². The molecule has 0 saturated carbocycles. The first-order chi connectivity index (χ1) is 17.0. The van der Waals surface area contributed by atoms with E-state index in [1.165, 1.54) is 4.57 Å². The minimum atomic E-state index is -0.343. The topological polar surface area (TPSA) is 134 Å². The summed E-state index contributed by atoms with van der Waals surface area (Å²) in [7, 11) is 0. The number of aromatic nitrogens is 4. The van der Waals surface area contributed by atoms with Crippen molar-refractivity contribution in [1.29, 1.82) is 0 Å². The van der Waals surface area contributed by atoms with Gasteiger partial charge in [0.25, 0.3) is 5.91 Å². The first kappa shape index (κ1) is 22.0. The number of fused-ring (bicyclic) bond motifs is 1. The zero-order chi connectivity index (χ0) is 24.5. The highest BCUT2D eigenvalue weighted by molar-refractivity contribution is 5.93. The van der Waals surface area contributed by atoms with E-state index < -0.39 is 0 Å². The van der Waals surface area contributed by atoms with E-state index in [2.05, 4.69) is 21.8 Å². The van der Waals surface area contributed by atoms with Gasteiger partial charge in [-0.2, -0.15) is 9.97 Å². The van der Waals surface area contributed by atoms with Gasteiger partial charge < -0.3 is 21.1 Å². The molecule has 2 aromatic heterocycles. The number of nitrogens with zero attached hydrogens (tertiary/aromatic N) is 5. The lowest BCUT2D eigenvalue weighted by Gasteiger charge is -2.14. The molecule has 0 spiro atoms. The summed E-state index contributed by atoms with van der Waals surface area (Å²) < 4.78 is 8.87. The van der Waals surface area contributed by atoms with Crippen LogP contribution in [0.15, 0.2) is 59.4 Å². The van der Waals surface area contributed by atoms with Crippen LogP contribution in [0.3, 0.4) is 0 Å². The summed E-state index contributed by atoms with van der Waals surface area (Å²) >= 11 is 0. The van der Waals surface area contributed by atoms with Crippen LogP contribution in [0.4, 0.5) is 11.8 Å². The van der Waals surface area contributed by atoms with Crippen molar-refractivity contribution in [3.8, 4) is 29.0 Å². The fourth-order valence-corrected chi connectivity index (χ4v) is 4.33. The highest BCUT2D eigenvalue weighted by Crippen LogP contribution is 2.29. The molecule has 0 bridgehead atoms. The molecule has 0 unspecified atom stereocenters. The van der Waals surface area contributed by atoms with E-state index in [9.17, 15) is 9.59 Å². The van der Waals surface area contributed by atoms with Gasteiger partial charge in [-0.15, -0.1) is 0 Å². The van der Waals surface area contributed by atoms with Crippen LogP contribution in [-0.4, -0.2) is 43.0 Å². The normalized spacial score (nSPS) is 15.1. The van der Waals surface area contributed by atoms with Crippen LogP contribution in [0.5, 0.6) is 11.5 Å². The SMILES string of the molecule is CC#CC(=O)N1CC[C@H](n2c(=O)n(-c3ccc(Oc4ccccc4)cc3)c3c(N)nc(N)nc32)C1. The van der Waals surface area contributed by atoms with Crippen LogP contribution in [0.1, 0.15) is 19.4 Å². The summed E-state index contributed by atoms with van der Waals surface area (Å²) in [6, 6.07) is 16.2. The quantitative estimate of drug-likeness (QED) is 0.438. The first-order valence-corrected chi connectivity index (χ1v) is 11.1. The monoisotopic (exact) mass is 469 g/mol. The lowest BCUT2D eigenvalue weighted by Crippen LogP contribution is -2.31. The van der Waals surface area contributed by atoms with Crippen molar-refractivity contribution in [2.45, 2.75) is 19.4 Å². The Morgan fingerprint density at radius 3 is 2.49 bits per heavy atom. The highest BCUT2D eigenvalue weighted by Gasteiger charge is 2.31. The Hall–Kier alpha value is -4.78. The standard InChI is InChI=1S/C25H23N7O3/c1-2-6-20(33)30-14-13-17(15-30)32-23-21(22(26)28-24(27)29-23)31(25(32)34)16-9-11-19(12-10-16)35-18-7-4-3-5-8-18/h3-5,7-12,17H,13-15H2,1H3,(H4,26,27,28,29)/t17-/m0/s1. The molecule has 35 heavy (non-hydrogen) atoms. The molecule has 1 aliphatic rings. The Morgan fingerprint density at radius 1 is 1.06 bits per heavy atom. The Kier molecular flexibility index (Phi) is 5.58. The number of hydrogen-bond donors (Lipinski definition) is 2. The summed E-state index contributed by atoms with van der Waals surface area (Å²) in [5.41, 5.74) is 13.0. The van der Waals surface area contributed by atoms with Crippen molar-refractivity contribution in [2.75, 3.05) is 24.6 Å². The van der Waals surface area contributed by atoms with Gasteiger partial charge in [0.15, 0.2) is 11.5 Å². The summed E-state index contributed by atoms with van der Waals surface area (Å²) in [4.78, 5) is 36.0. The van der Waals surface area contributed by atoms with Gasteiger partial charge in [0, 0.05) is 13.1 Å². The van der Waals surface area contributed by atoms with E-state index in [-0.39, 0.29) is 29.4 Å². The van der Waals surface area contributed by atoms with Gasteiger partial charge in [0.05, 0.1) is 11.7 Å². The zero-order valence-corrected chi connectivity index (χ0v) is 19.0. The van der Waals surface area contributed by atoms with E-state index in [4.69, 9.17) is 16.2 Å². The molecule has 1 amide bonds. The molecule has 10 nitrogen and oxygen atoms in total. The average Bonchev–Trinajstić information content (AvgIpc) is 3.43. The number of benzene rings is 2. The lowest BCUT2D eigenvalue weighted by atomic mass is 10.2. The number of nitrogen functional groups attached to an aromatic ring is 2. The molecule has 4 aromatic rings. The van der Waals surface area contributed by atoms with Gasteiger partial charge in [0.2, 0.25) is 5.95 Å². The molecule has 176 valence electrons. The number of nitrogens with two attached hydrogens (primary N) is 2. The zero-order valence-electron chi connectivity index (χ0n) is 19.0. The van der Waals surface area contributed by atoms with E-state index in [1.54, 1.807) is 40.7 Å². The molecule has 3 heterocycles. The van der Waals surface area contributed by atoms with Gasteiger partial charge in [0.1, 0.15) is 17.0 Å². The predicted molar refractivity (Wildman–Crippen MR) is 132 cm³/mol. The van der Waals surface area contributed by atoms with Crippen molar-refractivity contribution in [2.24, 2.45) is 0 Å². The second-order valence-corrected chi connectivity index (χ2v) is 8.10. The van der Waals surface area contributed by atoms with E-state index in [0.717, 1.165) is 0 Å². The summed E-state index contributed by atoms with van der Waals surface area (Å²) in [5.74, 6) is 6.29. The van der Waals surface area contributed by atoms with Crippen molar-refractivity contribution < 1.29 is 9.53 Å². The molecule has 1 atom stereocenters. The van der Waals surface area contributed by atoms with Gasteiger partial charge in [-0.25, -0.2) is 4.79 Å². The Balaban J connectivity index is 1.57. The average molecular weight is 470 g/mol. The summed E-state index contributed by atoms with van der Waals surface area (Å²) in [5, 5.41) is 0. The summed E-state index contributed by atoms with van der Waals surface area (Å²) in [6.45, 7) is 2.43. The molecule has 1 fully saturated rings. The van der Waals surface area contributed by atoms with Crippen molar-refractivity contribution in [3.63, 3.8) is 0 Å². The number of anilines is 2. The second-order valence-electron chi connectivity index (χ2n) is 8.10.